The second kappa shape index (κ2) is 5.18. The van der Waals surface area contributed by atoms with Gasteiger partial charge in [0.05, 0.1) is 5.69 Å². The summed E-state index contributed by atoms with van der Waals surface area (Å²) in [6, 6.07) is 8.96. The first kappa shape index (κ1) is 12.6. The van der Waals surface area contributed by atoms with Gasteiger partial charge in [0.1, 0.15) is 0 Å². The van der Waals surface area contributed by atoms with Gasteiger partial charge < -0.3 is 11.1 Å². The van der Waals surface area contributed by atoms with Crippen LogP contribution in [0, 0.1) is 6.92 Å². The second-order valence-corrected chi connectivity index (χ2v) is 4.77. The third-order valence-electron chi connectivity index (χ3n) is 2.49. The van der Waals surface area contributed by atoms with Crippen molar-refractivity contribution in [3.8, 4) is 0 Å². The normalized spacial score (nSPS) is 10.1. The number of nitrogens with two attached hydrogens (primary N) is 1. The third kappa shape index (κ3) is 2.68. The number of nitrogen functional groups attached to an aromatic ring is 1. The zero-order valence-electron chi connectivity index (χ0n) is 9.77. The molecular weight excluding hydrogens is 294 g/mol. The predicted molar refractivity (Wildman–Crippen MR) is 75.5 cm³/mol. The van der Waals surface area contributed by atoms with Crippen LogP contribution in [0.5, 0.6) is 0 Å². The average Bonchev–Trinajstić information content (AvgIpc) is 2.33. The standard InChI is InChI=1S/C13H12BrN3O/c1-8-7-9(14)4-5-11(8)17-13(18)12-10(15)3-2-6-16-12/h2-7H,15H2,1H3,(H,17,18). The van der Waals surface area contributed by atoms with E-state index in [1.165, 1.54) is 0 Å². The van der Waals surface area contributed by atoms with Gasteiger partial charge in [-0.25, -0.2) is 4.98 Å². The SMILES string of the molecule is Cc1cc(Br)ccc1NC(=O)c1ncccc1N. The average molecular weight is 306 g/mol. The molecule has 18 heavy (non-hydrogen) atoms. The molecule has 0 spiro atoms. The summed E-state index contributed by atoms with van der Waals surface area (Å²) in [4.78, 5) is 16.0. The van der Waals surface area contributed by atoms with Gasteiger partial charge in [0, 0.05) is 16.4 Å². The molecule has 0 aliphatic heterocycles. The maximum atomic E-state index is 12.0. The van der Waals surface area contributed by atoms with E-state index >= 15 is 0 Å². The Morgan fingerprint density at radius 3 is 2.83 bits per heavy atom. The van der Waals surface area contributed by atoms with Gasteiger partial charge in [-0.2, -0.15) is 0 Å². The Morgan fingerprint density at radius 2 is 2.17 bits per heavy atom. The molecule has 1 aromatic heterocycles. The number of benzene rings is 1. The Morgan fingerprint density at radius 1 is 1.39 bits per heavy atom. The highest BCUT2D eigenvalue weighted by Gasteiger charge is 2.11. The smallest absolute Gasteiger partial charge is 0.276 e. The first-order chi connectivity index (χ1) is 8.58. The molecule has 0 fully saturated rings. The van der Waals surface area contributed by atoms with Crippen molar-refractivity contribution < 1.29 is 4.79 Å². The zero-order valence-corrected chi connectivity index (χ0v) is 11.4. The minimum absolute atomic E-state index is 0.236. The number of nitrogens with zero attached hydrogens (tertiary/aromatic N) is 1. The number of rotatable bonds is 2. The monoisotopic (exact) mass is 305 g/mol. The topological polar surface area (TPSA) is 68.0 Å². The van der Waals surface area contributed by atoms with Crippen molar-refractivity contribution in [2.45, 2.75) is 6.92 Å². The summed E-state index contributed by atoms with van der Waals surface area (Å²) in [5.41, 5.74) is 8.02. The summed E-state index contributed by atoms with van der Waals surface area (Å²) in [6.07, 6.45) is 1.54. The first-order valence-corrected chi connectivity index (χ1v) is 6.15. The van der Waals surface area contributed by atoms with Crippen LogP contribution in [0.1, 0.15) is 16.1 Å². The van der Waals surface area contributed by atoms with Crippen molar-refractivity contribution in [3.05, 3.63) is 52.3 Å². The van der Waals surface area contributed by atoms with E-state index in [0.717, 1.165) is 15.7 Å². The summed E-state index contributed by atoms with van der Waals surface area (Å²) >= 11 is 3.37. The molecule has 3 N–H and O–H groups in total. The Kier molecular flexibility index (Phi) is 3.62. The lowest BCUT2D eigenvalue weighted by atomic mass is 10.2. The number of aryl methyl sites for hydroxylation is 1. The largest absolute Gasteiger partial charge is 0.397 e. The van der Waals surface area contributed by atoms with Crippen LogP contribution in [0.2, 0.25) is 0 Å². The summed E-state index contributed by atoms with van der Waals surface area (Å²) in [5.74, 6) is -0.307. The van der Waals surface area contributed by atoms with Gasteiger partial charge in [-0.15, -0.1) is 0 Å². The molecule has 2 aromatic rings. The Bertz CT molecular complexity index is 599. The lowest BCUT2D eigenvalue weighted by Crippen LogP contribution is -2.16. The molecule has 1 aromatic carbocycles. The molecule has 1 heterocycles. The minimum Gasteiger partial charge on any atom is -0.397 e. The Labute approximate surface area is 113 Å². The highest BCUT2D eigenvalue weighted by molar-refractivity contribution is 9.10. The van der Waals surface area contributed by atoms with E-state index in [1.807, 2.05) is 25.1 Å². The van der Waals surface area contributed by atoms with Gasteiger partial charge in [-0.05, 0) is 42.8 Å². The molecule has 0 aliphatic carbocycles. The summed E-state index contributed by atoms with van der Waals surface area (Å²) in [7, 11) is 0. The molecule has 5 heteroatoms. The number of hydrogen-bond acceptors (Lipinski definition) is 3. The molecule has 0 saturated carbocycles. The molecule has 0 aliphatic rings. The van der Waals surface area contributed by atoms with Crippen molar-refractivity contribution >= 4 is 33.2 Å². The van der Waals surface area contributed by atoms with Crippen LogP contribution in [0.25, 0.3) is 0 Å². The maximum absolute atomic E-state index is 12.0. The maximum Gasteiger partial charge on any atom is 0.276 e. The number of anilines is 2. The summed E-state index contributed by atoms with van der Waals surface area (Å²) in [6.45, 7) is 1.92. The summed E-state index contributed by atoms with van der Waals surface area (Å²) in [5, 5.41) is 2.79. The van der Waals surface area contributed by atoms with E-state index in [2.05, 4.69) is 26.2 Å². The van der Waals surface area contributed by atoms with Gasteiger partial charge in [-0.3, -0.25) is 4.79 Å². The minimum atomic E-state index is -0.307. The fourth-order valence-electron chi connectivity index (χ4n) is 1.56. The molecule has 0 saturated heterocycles. The molecule has 0 bridgehead atoms. The summed E-state index contributed by atoms with van der Waals surface area (Å²) < 4.78 is 0.968. The van der Waals surface area contributed by atoms with E-state index in [4.69, 9.17) is 5.73 Å². The number of aromatic nitrogens is 1. The van der Waals surface area contributed by atoms with Crippen LogP contribution in [-0.2, 0) is 0 Å². The van der Waals surface area contributed by atoms with Crippen LogP contribution in [0.3, 0.4) is 0 Å². The van der Waals surface area contributed by atoms with Gasteiger partial charge in [0.2, 0.25) is 0 Å². The van der Waals surface area contributed by atoms with Gasteiger partial charge in [0.15, 0.2) is 5.69 Å². The first-order valence-electron chi connectivity index (χ1n) is 5.36. The van der Waals surface area contributed by atoms with Crippen LogP contribution in [0.15, 0.2) is 41.0 Å². The van der Waals surface area contributed by atoms with Crippen molar-refractivity contribution in [3.63, 3.8) is 0 Å². The molecule has 92 valence electrons. The molecule has 0 unspecified atom stereocenters. The number of halogens is 1. The van der Waals surface area contributed by atoms with Gasteiger partial charge >= 0.3 is 0 Å². The van der Waals surface area contributed by atoms with Crippen molar-refractivity contribution in [1.29, 1.82) is 0 Å². The van der Waals surface area contributed by atoms with E-state index in [0.29, 0.717) is 5.69 Å². The molecule has 2 rings (SSSR count). The number of nitrogens with one attached hydrogen (secondary N) is 1. The van der Waals surface area contributed by atoms with Gasteiger partial charge in [-0.1, -0.05) is 15.9 Å². The predicted octanol–water partition coefficient (Wildman–Crippen LogP) is 2.99. The third-order valence-corrected chi connectivity index (χ3v) is 2.98. The van der Waals surface area contributed by atoms with E-state index in [9.17, 15) is 4.79 Å². The quantitative estimate of drug-likeness (QED) is 0.896. The fourth-order valence-corrected chi connectivity index (χ4v) is 2.03. The van der Waals surface area contributed by atoms with Crippen molar-refractivity contribution in [2.24, 2.45) is 0 Å². The second-order valence-electron chi connectivity index (χ2n) is 3.85. The number of hydrogen-bond donors (Lipinski definition) is 2. The zero-order chi connectivity index (χ0) is 13.1. The van der Waals surface area contributed by atoms with E-state index in [-0.39, 0.29) is 11.6 Å². The van der Waals surface area contributed by atoms with E-state index in [1.54, 1.807) is 18.3 Å². The van der Waals surface area contributed by atoms with Crippen LogP contribution < -0.4 is 11.1 Å². The molecular formula is C13H12BrN3O. The lowest BCUT2D eigenvalue weighted by Gasteiger charge is -2.09. The molecule has 0 radical (unpaired) electrons. The highest BCUT2D eigenvalue weighted by Crippen LogP contribution is 2.21. The van der Waals surface area contributed by atoms with Crippen molar-refractivity contribution in [1.82, 2.24) is 4.98 Å². The number of pyridine rings is 1. The Hall–Kier alpha value is -1.88. The Balaban J connectivity index is 2.24. The number of carbonyl (C=O) groups is 1. The number of amides is 1. The van der Waals surface area contributed by atoms with E-state index < -0.39 is 0 Å². The van der Waals surface area contributed by atoms with Crippen LogP contribution in [-0.4, -0.2) is 10.9 Å². The molecule has 0 atom stereocenters. The fraction of sp³-hybridized carbons (Fsp3) is 0.0769. The lowest BCUT2D eigenvalue weighted by molar-refractivity contribution is 0.102. The van der Waals surface area contributed by atoms with Crippen LogP contribution >= 0.6 is 15.9 Å². The van der Waals surface area contributed by atoms with Gasteiger partial charge in [0.25, 0.3) is 5.91 Å². The highest BCUT2D eigenvalue weighted by atomic mass is 79.9. The van der Waals surface area contributed by atoms with Crippen molar-refractivity contribution in [2.75, 3.05) is 11.1 Å². The van der Waals surface area contributed by atoms with Crippen LogP contribution in [0.4, 0.5) is 11.4 Å². The molecule has 1 amide bonds. The molecule has 4 nitrogen and oxygen atoms in total. The number of carbonyl (C=O) groups excluding carboxylic acids is 1.